The molecule has 1 fully saturated rings. The molecule has 1 aromatic heterocycles. The monoisotopic (exact) mass is 292 g/mol. The maximum Gasteiger partial charge on any atom is 0.337 e. The standard InChI is InChI=1S/C16H24N2O3/c1-11-9-13(19)18(12(2)14(11)15(20)21)10-16(3)5-7-17(4)8-6-16/h9H,5-8,10H2,1-4H3,(H,20,21). The zero-order valence-electron chi connectivity index (χ0n) is 13.3. The molecule has 0 spiro atoms. The van der Waals surface area contributed by atoms with Gasteiger partial charge in [-0.2, -0.15) is 0 Å². The Morgan fingerprint density at radius 1 is 1.33 bits per heavy atom. The Morgan fingerprint density at radius 2 is 1.90 bits per heavy atom. The number of aromatic nitrogens is 1. The fraction of sp³-hybridized carbons (Fsp3) is 0.625. The molecule has 5 heteroatoms. The molecule has 1 aromatic rings. The third-order valence-electron chi connectivity index (χ3n) is 4.71. The highest BCUT2D eigenvalue weighted by Crippen LogP contribution is 2.32. The predicted octanol–water partition coefficient (Wildman–Crippen LogP) is 1.90. The van der Waals surface area contributed by atoms with Gasteiger partial charge >= 0.3 is 5.97 Å². The molecule has 1 N–H and O–H groups in total. The number of hydrogen-bond donors (Lipinski definition) is 1. The van der Waals surface area contributed by atoms with Crippen LogP contribution in [0.25, 0.3) is 0 Å². The van der Waals surface area contributed by atoms with Gasteiger partial charge in [-0.15, -0.1) is 0 Å². The second kappa shape index (κ2) is 5.64. The van der Waals surface area contributed by atoms with Crippen molar-refractivity contribution in [1.29, 1.82) is 0 Å². The summed E-state index contributed by atoms with van der Waals surface area (Å²) in [4.78, 5) is 26.0. The Balaban J connectivity index is 2.39. The number of aryl methyl sites for hydroxylation is 1. The van der Waals surface area contributed by atoms with Crippen LogP contribution < -0.4 is 5.56 Å². The van der Waals surface area contributed by atoms with Crippen molar-refractivity contribution in [3.63, 3.8) is 0 Å². The van der Waals surface area contributed by atoms with Gasteiger partial charge in [0.15, 0.2) is 0 Å². The molecule has 0 amide bonds. The van der Waals surface area contributed by atoms with Gasteiger partial charge in [0.2, 0.25) is 0 Å². The van der Waals surface area contributed by atoms with E-state index in [1.165, 1.54) is 6.07 Å². The highest BCUT2D eigenvalue weighted by atomic mass is 16.4. The zero-order valence-corrected chi connectivity index (χ0v) is 13.3. The van der Waals surface area contributed by atoms with Crippen LogP contribution in [0.3, 0.4) is 0 Å². The van der Waals surface area contributed by atoms with Crippen LogP contribution in [0.1, 0.15) is 41.4 Å². The Morgan fingerprint density at radius 3 is 2.43 bits per heavy atom. The summed E-state index contributed by atoms with van der Waals surface area (Å²) in [6.07, 6.45) is 2.04. The van der Waals surface area contributed by atoms with Gasteiger partial charge in [0, 0.05) is 18.3 Å². The Bertz CT molecular complexity index is 611. The van der Waals surface area contributed by atoms with Crippen molar-refractivity contribution in [2.45, 2.75) is 40.2 Å². The molecule has 0 bridgehead atoms. The summed E-state index contributed by atoms with van der Waals surface area (Å²) in [5.74, 6) is -0.965. The number of carboxylic acids is 1. The van der Waals surface area contributed by atoms with Crippen molar-refractivity contribution in [2.24, 2.45) is 5.41 Å². The van der Waals surface area contributed by atoms with Crippen molar-refractivity contribution in [1.82, 2.24) is 9.47 Å². The summed E-state index contributed by atoms with van der Waals surface area (Å²) >= 11 is 0. The van der Waals surface area contributed by atoms with Gasteiger partial charge in [-0.05, 0) is 57.8 Å². The number of aromatic carboxylic acids is 1. The summed E-state index contributed by atoms with van der Waals surface area (Å²) in [5.41, 5.74) is 1.30. The van der Waals surface area contributed by atoms with Gasteiger partial charge < -0.3 is 14.6 Å². The van der Waals surface area contributed by atoms with Gasteiger partial charge in [-0.3, -0.25) is 4.79 Å². The van der Waals surface area contributed by atoms with E-state index in [0.29, 0.717) is 17.8 Å². The molecule has 21 heavy (non-hydrogen) atoms. The lowest BCUT2D eigenvalue weighted by atomic mass is 9.80. The third kappa shape index (κ3) is 3.18. The molecule has 2 rings (SSSR count). The lowest BCUT2D eigenvalue weighted by molar-refractivity contribution is 0.0692. The van der Waals surface area contributed by atoms with E-state index in [0.717, 1.165) is 25.9 Å². The van der Waals surface area contributed by atoms with E-state index in [-0.39, 0.29) is 16.5 Å². The summed E-state index contributed by atoms with van der Waals surface area (Å²) < 4.78 is 1.64. The van der Waals surface area contributed by atoms with Crippen LogP contribution in [0.15, 0.2) is 10.9 Å². The summed E-state index contributed by atoms with van der Waals surface area (Å²) in [7, 11) is 2.10. The molecule has 2 heterocycles. The molecule has 1 aliphatic rings. The first-order valence-corrected chi connectivity index (χ1v) is 7.36. The van der Waals surface area contributed by atoms with Crippen molar-refractivity contribution in [2.75, 3.05) is 20.1 Å². The van der Waals surface area contributed by atoms with Crippen molar-refractivity contribution < 1.29 is 9.90 Å². The van der Waals surface area contributed by atoms with Crippen molar-refractivity contribution in [3.8, 4) is 0 Å². The van der Waals surface area contributed by atoms with Gasteiger partial charge in [-0.25, -0.2) is 4.79 Å². The molecular weight excluding hydrogens is 268 g/mol. The maximum atomic E-state index is 12.3. The molecular formula is C16H24N2O3. The smallest absolute Gasteiger partial charge is 0.337 e. The first kappa shape index (κ1) is 15.8. The van der Waals surface area contributed by atoms with Crippen LogP contribution in [0.2, 0.25) is 0 Å². The number of nitrogens with zero attached hydrogens (tertiary/aromatic N) is 2. The van der Waals surface area contributed by atoms with Gasteiger partial charge in [-0.1, -0.05) is 6.92 Å². The lowest BCUT2D eigenvalue weighted by Gasteiger charge is -2.38. The average molecular weight is 292 g/mol. The number of carbonyl (C=O) groups is 1. The quantitative estimate of drug-likeness (QED) is 0.924. The first-order chi connectivity index (χ1) is 9.73. The Kier molecular flexibility index (Phi) is 4.23. The van der Waals surface area contributed by atoms with Crippen LogP contribution >= 0.6 is 0 Å². The van der Waals surface area contributed by atoms with E-state index < -0.39 is 5.97 Å². The van der Waals surface area contributed by atoms with Crippen molar-refractivity contribution >= 4 is 5.97 Å². The molecule has 0 unspecified atom stereocenters. The van der Waals surface area contributed by atoms with Crippen LogP contribution in [-0.4, -0.2) is 40.7 Å². The summed E-state index contributed by atoms with van der Waals surface area (Å²) in [6, 6.07) is 1.44. The zero-order chi connectivity index (χ0) is 15.8. The van der Waals surface area contributed by atoms with Crippen LogP contribution in [0.5, 0.6) is 0 Å². The van der Waals surface area contributed by atoms with Crippen LogP contribution in [-0.2, 0) is 6.54 Å². The minimum Gasteiger partial charge on any atom is -0.478 e. The SMILES string of the molecule is Cc1cc(=O)n(CC2(C)CCN(C)CC2)c(C)c1C(=O)O. The molecule has 1 aliphatic heterocycles. The Labute approximate surface area is 125 Å². The number of piperidine rings is 1. The van der Waals surface area contributed by atoms with Gasteiger partial charge in [0.05, 0.1) is 5.56 Å². The highest BCUT2D eigenvalue weighted by Gasteiger charge is 2.30. The molecule has 116 valence electrons. The van der Waals surface area contributed by atoms with E-state index in [1.54, 1.807) is 18.4 Å². The lowest BCUT2D eigenvalue weighted by Crippen LogP contribution is -2.41. The molecule has 0 aromatic carbocycles. The molecule has 0 radical (unpaired) electrons. The highest BCUT2D eigenvalue weighted by molar-refractivity contribution is 5.90. The second-order valence-electron chi connectivity index (χ2n) is 6.63. The second-order valence-corrected chi connectivity index (χ2v) is 6.63. The van der Waals surface area contributed by atoms with E-state index in [9.17, 15) is 14.7 Å². The van der Waals surface area contributed by atoms with Gasteiger partial charge in [0.1, 0.15) is 0 Å². The minimum atomic E-state index is -0.965. The first-order valence-electron chi connectivity index (χ1n) is 7.36. The fourth-order valence-corrected chi connectivity index (χ4v) is 3.14. The molecule has 0 aliphatic carbocycles. The van der Waals surface area contributed by atoms with E-state index >= 15 is 0 Å². The Hall–Kier alpha value is -1.62. The molecule has 0 saturated carbocycles. The van der Waals surface area contributed by atoms with Crippen LogP contribution in [0.4, 0.5) is 0 Å². The number of carboxylic acid groups (broad SMARTS) is 1. The van der Waals surface area contributed by atoms with Crippen molar-refractivity contribution in [3.05, 3.63) is 33.2 Å². The fourth-order valence-electron chi connectivity index (χ4n) is 3.14. The normalized spacial score (nSPS) is 18.7. The van der Waals surface area contributed by atoms with Crippen LogP contribution in [0, 0.1) is 19.3 Å². The summed E-state index contributed by atoms with van der Waals surface area (Å²) in [6.45, 7) is 8.22. The predicted molar refractivity (Wildman–Crippen MR) is 82.0 cm³/mol. The average Bonchev–Trinajstić information content (AvgIpc) is 2.38. The third-order valence-corrected chi connectivity index (χ3v) is 4.71. The van der Waals surface area contributed by atoms with Gasteiger partial charge in [0.25, 0.3) is 5.56 Å². The molecule has 1 saturated heterocycles. The number of rotatable bonds is 3. The summed E-state index contributed by atoms with van der Waals surface area (Å²) in [5, 5.41) is 9.34. The number of likely N-dealkylation sites (tertiary alicyclic amines) is 1. The van der Waals surface area contributed by atoms with E-state index in [2.05, 4.69) is 18.9 Å². The maximum absolute atomic E-state index is 12.3. The van der Waals surface area contributed by atoms with E-state index in [4.69, 9.17) is 0 Å². The number of pyridine rings is 1. The van der Waals surface area contributed by atoms with E-state index in [1.807, 2.05) is 0 Å². The topological polar surface area (TPSA) is 62.5 Å². The molecule has 5 nitrogen and oxygen atoms in total. The largest absolute Gasteiger partial charge is 0.478 e. The molecule has 0 atom stereocenters. The minimum absolute atomic E-state index is 0.0477. The number of hydrogen-bond acceptors (Lipinski definition) is 3.